The molecule has 0 bridgehead atoms. The number of halogens is 1. The molecule has 0 saturated carbocycles. The highest BCUT2D eigenvalue weighted by atomic mass is 35.5. The van der Waals surface area contributed by atoms with Gasteiger partial charge in [0.05, 0.1) is 13.2 Å². The summed E-state index contributed by atoms with van der Waals surface area (Å²) in [5.41, 5.74) is 5.18. The number of hydrogen-bond donors (Lipinski definition) is 3. The van der Waals surface area contributed by atoms with Gasteiger partial charge >= 0.3 is 7.60 Å². The van der Waals surface area contributed by atoms with Crippen molar-refractivity contribution >= 4 is 25.1 Å². The lowest BCUT2D eigenvalue weighted by Crippen LogP contribution is -2.44. The predicted molar refractivity (Wildman–Crippen MR) is 88.3 cm³/mol. The van der Waals surface area contributed by atoms with Crippen molar-refractivity contribution in [2.75, 3.05) is 12.3 Å². The van der Waals surface area contributed by atoms with Crippen molar-refractivity contribution in [1.29, 1.82) is 0 Å². The molecule has 1 aromatic rings. The maximum Gasteiger partial charge on any atom is 0.357 e. The first-order valence-electron chi connectivity index (χ1n) is 7.16. The van der Waals surface area contributed by atoms with E-state index in [2.05, 4.69) is 4.98 Å². The van der Waals surface area contributed by atoms with Crippen LogP contribution in [-0.4, -0.2) is 31.3 Å². The standard InChI is InChI=1S/C13H23ClN3O5P/c1-8(2)13(9(3)4,23(19,20)21)22-6-5-17-11(18)7-10(14)16-12(17)15/h7-9H,5-6H2,1-4H3,(H2,15,16)(H2,19,20,21). The normalized spacial score (nSPS) is 13.1. The minimum atomic E-state index is -4.55. The molecule has 0 atom stereocenters. The Morgan fingerprint density at radius 3 is 2.30 bits per heavy atom. The molecule has 0 aromatic carbocycles. The summed E-state index contributed by atoms with van der Waals surface area (Å²) in [7, 11) is -4.55. The maximum absolute atomic E-state index is 12.0. The van der Waals surface area contributed by atoms with E-state index in [1.54, 1.807) is 27.7 Å². The molecule has 0 amide bonds. The van der Waals surface area contributed by atoms with Crippen LogP contribution in [-0.2, 0) is 15.8 Å². The Bertz CT molecular complexity index is 648. The van der Waals surface area contributed by atoms with Crippen LogP contribution in [0.2, 0.25) is 5.15 Å². The third kappa shape index (κ3) is 4.14. The molecule has 0 saturated heterocycles. The smallest absolute Gasteiger partial charge is 0.357 e. The second-order valence-corrected chi connectivity index (χ2v) is 8.05. The fourth-order valence-electron chi connectivity index (χ4n) is 2.78. The van der Waals surface area contributed by atoms with Gasteiger partial charge in [-0.1, -0.05) is 39.3 Å². The fourth-order valence-corrected chi connectivity index (χ4v) is 4.56. The zero-order chi connectivity index (χ0) is 18.0. The lowest BCUT2D eigenvalue weighted by atomic mass is 9.95. The van der Waals surface area contributed by atoms with E-state index in [-0.39, 0.29) is 24.3 Å². The van der Waals surface area contributed by atoms with Crippen LogP contribution in [0, 0.1) is 11.8 Å². The highest BCUT2D eigenvalue weighted by Gasteiger charge is 2.53. The number of ether oxygens (including phenoxy) is 1. The van der Waals surface area contributed by atoms with Gasteiger partial charge in [0, 0.05) is 6.07 Å². The van der Waals surface area contributed by atoms with Crippen LogP contribution in [0.3, 0.4) is 0 Å². The summed E-state index contributed by atoms with van der Waals surface area (Å²) in [6.45, 7) is 6.64. The number of anilines is 1. The van der Waals surface area contributed by atoms with Gasteiger partial charge in [0.1, 0.15) is 5.15 Å². The number of hydrogen-bond acceptors (Lipinski definition) is 5. The van der Waals surface area contributed by atoms with E-state index in [1.807, 2.05) is 0 Å². The molecule has 0 aliphatic heterocycles. The Kier molecular flexibility index (Phi) is 6.40. The van der Waals surface area contributed by atoms with Gasteiger partial charge < -0.3 is 20.3 Å². The van der Waals surface area contributed by atoms with Gasteiger partial charge in [0.25, 0.3) is 5.56 Å². The number of nitrogens with zero attached hydrogens (tertiary/aromatic N) is 2. The number of nitrogens with two attached hydrogens (primary N) is 1. The highest BCUT2D eigenvalue weighted by molar-refractivity contribution is 7.53. The van der Waals surface area contributed by atoms with Crippen LogP contribution in [0.4, 0.5) is 5.95 Å². The van der Waals surface area contributed by atoms with Gasteiger partial charge in [-0.3, -0.25) is 13.9 Å². The van der Waals surface area contributed by atoms with Gasteiger partial charge in [-0.05, 0) is 11.8 Å². The molecule has 23 heavy (non-hydrogen) atoms. The monoisotopic (exact) mass is 367 g/mol. The Morgan fingerprint density at radius 1 is 1.39 bits per heavy atom. The Labute approximate surface area is 139 Å². The average Bonchev–Trinajstić information content (AvgIpc) is 2.34. The van der Waals surface area contributed by atoms with E-state index in [1.165, 1.54) is 0 Å². The lowest BCUT2D eigenvalue weighted by molar-refractivity contribution is -0.0648. The van der Waals surface area contributed by atoms with Crippen LogP contribution in [0.25, 0.3) is 0 Å². The second-order valence-electron chi connectivity index (χ2n) is 5.88. The third-order valence-electron chi connectivity index (χ3n) is 3.76. The molecule has 0 radical (unpaired) electrons. The molecule has 132 valence electrons. The minimum Gasteiger partial charge on any atom is -0.369 e. The molecule has 8 nitrogen and oxygen atoms in total. The van der Waals surface area contributed by atoms with Crippen molar-refractivity contribution in [2.45, 2.75) is 39.6 Å². The fraction of sp³-hybridized carbons (Fsp3) is 0.692. The van der Waals surface area contributed by atoms with E-state index < -0.39 is 30.3 Å². The largest absolute Gasteiger partial charge is 0.369 e. The predicted octanol–water partition coefficient (Wildman–Crippen LogP) is 1.68. The van der Waals surface area contributed by atoms with Gasteiger partial charge in [-0.25, -0.2) is 4.98 Å². The van der Waals surface area contributed by atoms with Gasteiger partial charge in [0.2, 0.25) is 5.95 Å². The van der Waals surface area contributed by atoms with E-state index >= 15 is 0 Å². The van der Waals surface area contributed by atoms with Crippen LogP contribution in [0.15, 0.2) is 10.9 Å². The van der Waals surface area contributed by atoms with E-state index in [0.29, 0.717) is 0 Å². The SMILES string of the molecule is CC(C)C(OCCn1c(N)nc(Cl)cc1=O)(C(C)C)P(=O)(O)O. The number of rotatable bonds is 7. The molecular formula is C13H23ClN3O5P. The summed E-state index contributed by atoms with van der Waals surface area (Å²) in [5, 5.41) is -1.65. The first-order chi connectivity index (χ1) is 10.4. The van der Waals surface area contributed by atoms with Crippen LogP contribution >= 0.6 is 19.2 Å². The van der Waals surface area contributed by atoms with Crippen LogP contribution in [0.5, 0.6) is 0 Å². The molecule has 0 unspecified atom stereocenters. The van der Waals surface area contributed by atoms with Crippen molar-refractivity contribution in [3.63, 3.8) is 0 Å². The van der Waals surface area contributed by atoms with Crippen molar-refractivity contribution < 1.29 is 19.1 Å². The van der Waals surface area contributed by atoms with Crippen LogP contribution in [0.1, 0.15) is 27.7 Å². The van der Waals surface area contributed by atoms with Crippen molar-refractivity contribution in [3.05, 3.63) is 21.6 Å². The molecule has 0 spiro atoms. The topological polar surface area (TPSA) is 128 Å². The van der Waals surface area contributed by atoms with E-state index in [4.69, 9.17) is 22.1 Å². The zero-order valence-corrected chi connectivity index (χ0v) is 15.2. The van der Waals surface area contributed by atoms with E-state index in [9.17, 15) is 19.1 Å². The quantitative estimate of drug-likeness (QED) is 0.494. The summed E-state index contributed by atoms with van der Waals surface area (Å²) < 4.78 is 18.8. The number of aromatic nitrogens is 2. The summed E-state index contributed by atoms with van der Waals surface area (Å²) in [6, 6.07) is 1.11. The molecule has 0 aliphatic carbocycles. The third-order valence-corrected chi connectivity index (χ3v) is 6.03. The summed E-state index contributed by atoms with van der Waals surface area (Å²) in [4.78, 5) is 35.1. The molecule has 1 aromatic heterocycles. The first-order valence-corrected chi connectivity index (χ1v) is 9.15. The molecule has 0 aliphatic rings. The summed E-state index contributed by atoms with van der Waals surface area (Å²) in [6.07, 6.45) is 0. The molecule has 4 N–H and O–H groups in total. The first kappa shape index (κ1) is 20.1. The Morgan fingerprint density at radius 2 is 1.91 bits per heavy atom. The highest BCUT2D eigenvalue weighted by Crippen LogP contribution is 2.59. The van der Waals surface area contributed by atoms with Crippen molar-refractivity contribution in [2.24, 2.45) is 11.8 Å². The molecule has 0 fully saturated rings. The second kappa shape index (κ2) is 7.32. The van der Waals surface area contributed by atoms with E-state index in [0.717, 1.165) is 10.6 Å². The summed E-state index contributed by atoms with van der Waals surface area (Å²) in [5.74, 6) is -0.941. The van der Waals surface area contributed by atoms with Gasteiger partial charge in [0.15, 0.2) is 5.34 Å². The molecule has 1 rings (SSSR count). The average molecular weight is 368 g/mol. The Hall–Kier alpha value is -0.920. The number of nitrogen functional groups attached to an aromatic ring is 1. The molecule has 1 heterocycles. The zero-order valence-electron chi connectivity index (χ0n) is 13.6. The molecular weight excluding hydrogens is 345 g/mol. The minimum absolute atomic E-state index is 0.00995. The van der Waals surface area contributed by atoms with Gasteiger partial charge in [-0.2, -0.15) is 0 Å². The van der Waals surface area contributed by atoms with Crippen molar-refractivity contribution in [3.8, 4) is 0 Å². The summed E-state index contributed by atoms with van der Waals surface area (Å²) >= 11 is 5.63. The van der Waals surface area contributed by atoms with Crippen molar-refractivity contribution in [1.82, 2.24) is 9.55 Å². The lowest BCUT2D eigenvalue weighted by Gasteiger charge is -2.41. The maximum atomic E-state index is 12.0. The Balaban J connectivity index is 3.02. The molecule has 10 heteroatoms. The van der Waals surface area contributed by atoms with Gasteiger partial charge in [-0.15, -0.1) is 0 Å². The van der Waals surface area contributed by atoms with Crippen LogP contribution < -0.4 is 11.3 Å².